The molecule has 1 aromatic rings. The van der Waals surface area contributed by atoms with Crippen LogP contribution in [0.4, 0.5) is 11.8 Å². The summed E-state index contributed by atoms with van der Waals surface area (Å²) in [6.45, 7) is 9.08. The van der Waals surface area contributed by atoms with Crippen molar-refractivity contribution in [2.45, 2.75) is 20.3 Å². The number of hydrogen-bond donors (Lipinski definition) is 2. The molecule has 0 atom stereocenters. The van der Waals surface area contributed by atoms with Crippen molar-refractivity contribution in [3.63, 3.8) is 0 Å². The minimum atomic E-state index is 0.852. The molecule has 2 rings (SSSR count). The second-order valence-electron chi connectivity index (χ2n) is 4.32. The molecule has 17 heavy (non-hydrogen) atoms. The summed E-state index contributed by atoms with van der Waals surface area (Å²) in [5, 5.41) is 6.64. The first-order valence-electron chi connectivity index (χ1n) is 6.35. The maximum Gasteiger partial charge on any atom is 0.227 e. The average molecular weight is 235 g/mol. The first kappa shape index (κ1) is 12.1. The van der Waals surface area contributed by atoms with E-state index < -0.39 is 0 Å². The molecule has 2 heterocycles. The van der Waals surface area contributed by atoms with E-state index in [1.54, 1.807) is 0 Å². The number of rotatable bonds is 3. The molecule has 1 aliphatic heterocycles. The minimum absolute atomic E-state index is 0.852. The molecule has 94 valence electrons. The van der Waals surface area contributed by atoms with Crippen LogP contribution in [-0.2, 0) is 0 Å². The van der Waals surface area contributed by atoms with Crippen molar-refractivity contribution in [2.75, 3.05) is 42.9 Å². The van der Waals surface area contributed by atoms with Gasteiger partial charge in [-0.1, -0.05) is 0 Å². The van der Waals surface area contributed by atoms with E-state index >= 15 is 0 Å². The van der Waals surface area contributed by atoms with E-state index in [0.29, 0.717) is 0 Å². The van der Waals surface area contributed by atoms with Gasteiger partial charge in [0.2, 0.25) is 5.95 Å². The van der Waals surface area contributed by atoms with Crippen LogP contribution in [0, 0.1) is 6.92 Å². The fraction of sp³-hybridized carbons (Fsp3) is 0.667. The van der Waals surface area contributed by atoms with Gasteiger partial charge in [0.1, 0.15) is 5.82 Å². The second kappa shape index (κ2) is 5.82. The lowest BCUT2D eigenvalue weighted by molar-refractivity contribution is 0.724. The number of nitrogens with one attached hydrogen (secondary N) is 2. The maximum atomic E-state index is 4.56. The smallest absolute Gasteiger partial charge is 0.227 e. The third-order valence-corrected chi connectivity index (χ3v) is 2.82. The van der Waals surface area contributed by atoms with Gasteiger partial charge in [-0.3, -0.25) is 0 Å². The van der Waals surface area contributed by atoms with E-state index in [2.05, 4.69) is 32.4 Å². The zero-order valence-corrected chi connectivity index (χ0v) is 10.7. The quantitative estimate of drug-likeness (QED) is 0.819. The Morgan fingerprint density at radius 1 is 1.35 bits per heavy atom. The molecule has 0 aromatic carbocycles. The van der Waals surface area contributed by atoms with Gasteiger partial charge in [-0.25, -0.2) is 4.98 Å². The average Bonchev–Trinajstić information content (AvgIpc) is 2.57. The van der Waals surface area contributed by atoms with Crippen LogP contribution in [0.5, 0.6) is 0 Å². The predicted molar refractivity (Wildman–Crippen MR) is 70.6 cm³/mol. The summed E-state index contributed by atoms with van der Waals surface area (Å²) >= 11 is 0. The highest BCUT2D eigenvalue weighted by atomic mass is 15.3. The summed E-state index contributed by atoms with van der Waals surface area (Å²) in [6, 6.07) is 1.99. The van der Waals surface area contributed by atoms with Gasteiger partial charge < -0.3 is 15.5 Å². The van der Waals surface area contributed by atoms with Gasteiger partial charge in [-0.2, -0.15) is 4.98 Å². The fourth-order valence-electron chi connectivity index (χ4n) is 2.01. The Balaban J connectivity index is 2.17. The number of anilines is 2. The zero-order chi connectivity index (χ0) is 12.1. The fourth-order valence-corrected chi connectivity index (χ4v) is 2.01. The van der Waals surface area contributed by atoms with Gasteiger partial charge >= 0.3 is 0 Å². The highest BCUT2D eigenvalue weighted by Gasteiger charge is 2.13. The Labute approximate surface area is 103 Å². The van der Waals surface area contributed by atoms with Crippen LogP contribution in [0.2, 0.25) is 0 Å². The SMILES string of the molecule is CCNc1cc(C)nc(N2CCCNCC2)n1. The molecule has 0 saturated carbocycles. The Kier molecular flexibility index (Phi) is 4.14. The summed E-state index contributed by atoms with van der Waals surface area (Å²) in [4.78, 5) is 11.4. The van der Waals surface area contributed by atoms with Crippen LogP contribution in [0.15, 0.2) is 6.07 Å². The van der Waals surface area contributed by atoms with Crippen molar-refractivity contribution < 1.29 is 0 Å². The second-order valence-corrected chi connectivity index (χ2v) is 4.32. The van der Waals surface area contributed by atoms with E-state index in [9.17, 15) is 0 Å². The van der Waals surface area contributed by atoms with E-state index in [1.165, 1.54) is 0 Å². The highest BCUT2D eigenvalue weighted by molar-refractivity contribution is 5.43. The van der Waals surface area contributed by atoms with E-state index in [0.717, 1.165) is 56.6 Å². The molecular formula is C12H21N5. The number of aryl methyl sites for hydroxylation is 1. The molecule has 2 N–H and O–H groups in total. The molecule has 0 bridgehead atoms. The molecule has 0 unspecified atom stereocenters. The van der Waals surface area contributed by atoms with Crippen molar-refractivity contribution >= 4 is 11.8 Å². The standard InChI is InChI=1S/C12H21N5/c1-3-14-11-9-10(2)15-12(16-11)17-7-4-5-13-6-8-17/h9,13H,3-8H2,1-2H3,(H,14,15,16). The molecule has 1 fully saturated rings. The Hall–Kier alpha value is -1.36. The Bertz CT molecular complexity index is 358. The molecule has 0 radical (unpaired) electrons. The molecule has 1 aliphatic rings. The summed E-state index contributed by atoms with van der Waals surface area (Å²) < 4.78 is 0. The van der Waals surface area contributed by atoms with Crippen LogP contribution in [-0.4, -0.2) is 42.7 Å². The minimum Gasteiger partial charge on any atom is -0.370 e. The van der Waals surface area contributed by atoms with Crippen molar-refractivity contribution in [2.24, 2.45) is 0 Å². The molecule has 5 nitrogen and oxygen atoms in total. The van der Waals surface area contributed by atoms with Crippen LogP contribution in [0.1, 0.15) is 19.0 Å². The van der Waals surface area contributed by atoms with Crippen molar-refractivity contribution in [3.05, 3.63) is 11.8 Å². The van der Waals surface area contributed by atoms with Crippen molar-refractivity contribution in [1.82, 2.24) is 15.3 Å². The number of aromatic nitrogens is 2. The van der Waals surface area contributed by atoms with E-state index in [-0.39, 0.29) is 0 Å². The summed E-state index contributed by atoms with van der Waals surface area (Å²) in [5.74, 6) is 1.77. The number of hydrogen-bond acceptors (Lipinski definition) is 5. The Morgan fingerprint density at radius 3 is 3.06 bits per heavy atom. The number of nitrogens with zero attached hydrogens (tertiary/aromatic N) is 3. The first-order valence-corrected chi connectivity index (χ1v) is 6.35. The van der Waals surface area contributed by atoms with Gasteiger partial charge in [-0.05, 0) is 26.8 Å². The Morgan fingerprint density at radius 2 is 2.24 bits per heavy atom. The highest BCUT2D eigenvalue weighted by Crippen LogP contribution is 2.14. The molecule has 1 aromatic heterocycles. The van der Waals surface area contributed by atoms with Crippen molar-refractivity contribution in [1.29, 1.82) is 0 Å². The van der Waals surface area contributed by atoms with Crippen LogP contribution in [0.3, 0.4) is 0 Å². The zero-order valence-electron chi connectivity index (χ0n) is 10.7. The van der Waals surface area contributed by atoms with Gasteiger partial charge in [0, 0.05) is 37.9 Å². The largest absolute Gasteiger partial charge is 0.370 e. The lowest BCUT2D eigenvalue weighted by Crippen LogP contribution is -2.29. The summed E-state index contributed by atoms with van der Waals surface area (Å²) in [7, 11) is 0. The third kappa shape index (κ3) is 3.30. The summed E-state index contributed by atoms with van der Waals surface area (Å²) in [6.07, 6.45) is 1.15. The maximum absolute atomic E-state index is 4.56. The monoisotopic (exact) mass is 235 g/mol. The van der Waals surface area contributed by atoms with Crippen LogP contribution >= 0.6 is 0 Å². The molecule has 1 saturated heterocycles. The van der Waals surface area contributed by atoms with Gasteiger partial charge in [0.25, 0.3) is 0 Å². The van der Waals surface area contributed by atoms with Crippen LogP contribution in [0.25, 0.3) is 0 Å². The first-order chi connectivity index (χ1) is 8.29. The molecular weight excluding hydrogens is 214 g/mol. The predicted octanol–water partition coefficient (Wildman–Crippen LogP) is 1.02. The van der Waals surface area contributed by atoms with Gasteiger partial charge in [0.05, 0.1) is 0 Å². The van der Waals surface area contributed by atoms with E-state index in [1.807, 2.05) is 13.0 Å². The van der Waals surface area contributed by atoms with Crippen LogP contribution < -0.4 is 15.5 Å². The molecule has 0 amide bonds. The lowest BCUT2D eigenvalue weighted by Gasteiger charge is -2.20. The lowest BCUT2D eigenvalue weighted by atomic mass is 10.4. The molecule has 0 aliphatic carbocycles. The van der Waals surface area contributed by atoms with Gasteiger partial charge in [0.15, 0.2) is 0 Å². The van der Waals surface area contributed by atoms with Gasteiger partial charge in [-0.15, -0.1) is 0 Å². The summed E-state index contributed by atoms with van der Waals surface area (Å²) in [5.41, 5.74) is 1.02. The molecule has 0 spiro atoms. The van der Waals surface area contributed by atoms with E-state index in [4.69, 9.17) is 0 Å². The third-order valence-electron chi connectivity index (χ3n) is 2.82. The van der Waals surface area contributed by atoms with Crippen molar-refractivity contribution in [3.8, 4) is 0 Å². The topological polar surface area (TPSA) is 53.1 Å². The normalized spacial score (nSPS) is 16.7. The molecule has 5 heteroatoms.